The smallest absolute Gasteiger partial charge is 0.0771 e. The Morgan fingerprint density at radius 1 is 0.576 bits per heavy atom. The van der Waals surface area contributed by atoms with Gasteiger partial charge in [0.25, 0.3) is 0 Å². The Hall–Kier alpha value is -3.15. The molecule has 0 aliphatic heterocycles. The van der Waals surface area contributed by atoms with E-state index >= 15 is 0 Å². The zero-order valence-electron chi connectivity index (χ0n) is 18.8. The van der Waals surface area contributed by atoms with Crippen LogP contribution in [-0.2, 0) is 24.2 Å². The van der Waals surface area contributed by atoms with E-state index < -0.39 is 0 Å². The summed E-state index contributed by atoms with van der Waals surface area (Å²) in [5.41, 5.74) is 4.00. The van der Waals surface area contributed by atoms with Gasteiger partial charge >= 0.3 is 99.2 Å². The Morgan fingerprint density at radius 3 is 1.42 bits per heavy atom. The van der Waals surface area contributed by atoms with Gasteiger partial charge in [0, 0.05) is 0 Å². The number of hydrogen-bond acceptors (Lipinski definition) is 0. The zero-order chi connectivity index (χ0) is 22.9. The van der Waals surface area contributed by atoms with Crippen molar-refractivity contribution in [2.24, 2.45) is 0 Å². The number of rotatable bonds is 2. The molecule has 0 spiro atoms. The van der Waals surface area contributed by atoms with E-state index in [2.05, 4.69) is 134 Å². The molecule has 0 nitrogen and oxygen atoms in total. The third-order valence-electron chi connectivity index (χ3n) is 5.48. The number of fused-ring (bicyclic) bond motifs is 3. The van der Waals surface area contributed by atoms with Crippen molar-refractivity contribution in [2.45, 2.75) is 6.92 Å². The van der Waals surface area contributed by atoms with Crippen molar-refractivity contribution in [3.05, 3.63) is 156 Å². The van der Waals surface area contributed by atoms with Gasteiger partial charge in [-0.3, -0.25) is 0 Å². The normalized spacial score (nSPS) is 10.2. The molecule has 0 aromatic heterocycles. The SMILES string of the molecule is Cc1cc[cH-]c1.[Zr+2]=[C](c1ccccc1)c1ccccc1.c1ccc2c(c1)[cH-]c1ccccc12. The summed E-state index contributed by atoms with van der Waals surface area (Å²) in [5, 5.41) is 5.39. The van der Waals surface area contributed by atoms with E-state index in [1.54, 1.807) is 0 Å². The van der Waals surface area contributed by atoms with Gasteiger partial charge in [-0.15, -0.1) is 39.7 Å². The molecule has 1 heteroatoms. The minimum atomic E-state index is 1.33. The van der Waals surface area contributed by atoms with Crippen LogP contribution < -0.4 is 0 Å². The van der Waals surface area contributed by atoms with E-state index in [9.17, 15) is 0 Å². The number of aryl methyl sites for hydroxylation is 1. The van der Waals surface area contributed by atoms with Crippen LogP contribution in [0.25, 0.3) is 21.5 Å². The molecule has 0 N–H and O–H groups in total. The third-order valence-corrected chi connectivity index (χ3v) is 6.90. The van der Waals surface area contributed by atoms with Crippen molar-refractivity contribution >= 4 is 24.8 Å². The molecule has 0 saturated carbocycles. The van der Waals surface area contributed by atoms with Crippen LogP contribution in [0.5, 0.6) is 0 Å². The molecule has 0 fully saturated rings. The fourth-order valence-corrected chi connectivity index (χ4v) is 4.57. The topological polar surface area (TPSA) is 0 Å². The van der Waals surface area contributed by atoms with Crippen molar-refractivity contribution in [1.29, 1.82) is 0 Å². The predicted octanol–water partition coefficient (Wildman–Crippen LogP) is 8.23. The molecule has 33 heavy (non-hydrogen) atoms. The Balaban J connectivity index is 0.000000127. The molecule has 0 aliphatic rings. The fourth-order valence-electron chi connectivity index (χ4n) is 3.75. The Morgan fingerprint density at radius 2 is 1.03 bits per heavy atom. The monoisotopic (exact) mass is 500 g/mol. The largest absolute Gasteiger partial charge is 0.126 e. The maximum atomic E-state index is 2.24. The van der Waals surface area contributed by atoms with Crippen molar-refractivity contribution in [1.82, 2.24) is 0 Å². The van der Waals surface area contributed by atoms with Crippen LogP contribution in [0, 0.1) is 6.92 Å². The fraction of sp³-hybridized carbons (Fsp3) is 0.0312. The van der Waals surface area contributed by atoms with Crippen LogP contribution >= 0.6 is 0 Å². The molecule has 6 aromatic carbocycles. The minimum absolute atomic E-state index is 1.33. The molecule has 0 heterocycles. The average molecular weight is 502 g/mol. The molecular weight excluding hydrogens is 476 g/mol. The number of benzene rings is 4. The van der Waals surface area contributed by atoms with Gasteiger partial charge in [0.15, 0.2) is 0 Å². The van der Waals surface area contributed by atoms with Crippen molar-refractivity contribution in [2.75, 3.05) is 0 Å². The third kappa shape index (κ3) is 6.22. The van der Waals surface area contributed by atoms with Crippen LogP contribution in [0.1, 0.15) is 16.7 Å². The van der Waals surface area contributed by atoms with E-state index in [1.807, 2.05) is 12.1 Å². The van der Waals surface area contributed by atoms with E-state index in [0.29, 0.717) is 0 Å². The molecular formula is C32H26Zr. The molecule has 6 aromatic rings. The first-order valence-electron chi connectivity index (χ1n) is 11.1. The standard InChI is InChI=1S/C13H9.C13H10.C6H7.Zr/c1-3-7-12-10(5-1)9-11-6-2-4-8-13(11)12;1-3-7-12(8-4-1)11-13-9-5-2-6-10-13;1-6-4-2-3-5-6;/h1-9H;1-10H;2-5H,1H3;/q-1;;-1;+2. The summed E-state index contributed by atoms with van der Waals surface area (Å²) < 4.78 is 1.42. The summed E-state index contributed by atoms with van der Waals surface area (Å²) in [6.45, 7) is 2.08. The molecule has 0 aliphatic carbocycles. The van der Waals surface area contributed by atoms with Gasteiger partial charge in [-0.1, -0.05) is 43.3 Å². The second-order valence-electron chi connectivity index (χ2n) is 7.89. The Labute approximate surface area is 211 Å². The van der Waals surface area contributed by atoms with Gasteiger partial charge in [-0.25, -0.2) is 11.6 Å². The Kier molecular flexibility index (Phi) is 8.12. The second kappa shape index (κ2) is 11.6. The Bertz CT molecular complexity index is 1310. The first kappa shape index (κ1) is 23.0. The van der Waals surface area contributed by atoms with Crippen LogP contribution in [0.3, 0.4) is 0 Å². The van der Waals surface area contributed by atoms with Crippen LogP contribution in [0.2, 0.25) is 0 Å². The maximum absolute atomic E-state index is 2.24. The van der Waals surface area contributed by atoms with Gasteiger partial charge in [0.2, 0.25) is 0 Å². The van der Waals surface area contributed by atoms with Crippen LogP contribution in [-0.4, -0.2) is 3.21 Å². The van der Waals surface area contributed by atoms with Crippen LogP contribution in [0.15, 0.2) is 140 Å². The predicted molar refractivity (Wildman–Crippen MR) is 140 cm³/mol. The molecule has 0 bridgehead atoms. The molecule has 0 atom stereocenters. The van der Waals surface area contributed by atoms with E-state index in [4.69, 9.17) is 0 Å². The second-order valence-corrected chi connectivity index (χ2v) is 9.12. The first-order valence-corrected chi connectivity index (χ1v) is 12.4. The van der Waals surface area contributed by atoms with Gasteiger partial charge in [0.05, 0.1) is 0 Å². The molecule has 0 saturated heterocycles. The number of hydrogen-bond donors (Lipinski definition) is 0. The molecule has 6 rings (SSSR count). The molecule has 0 radical (unpaired) electrons. The molecule has 0 amide bonds. The summed E-state index contributed by atoms with van der Waals surface area (Å²) in [6.07, 6.45) is 0. The van der Waals surface area contributed by atoms with Crippen molar-refractivity contribution in [3.8, 4) is 0 Å². The molecule has 0 unspecified atom stereocenters. The zero-order valence-corrected chi connectivity index (χ0v) is 21.2. The molecule has 158 valence electrons. The van der Waals surface area contributed by atoms with Crippen molar-refractivity contribution < 1.29 is 24.2 Å². The minimum Gasteiger partial charge on any atom is -0.126 e. The summed E-state index contributed by atoms with van der Waals surface area (Å²) in [6, 6.07) is 48.6. The van der Waals surface area contributed by atoms with E-state index in [0.717, 1.165) is 0 Å². The summed E-state index contributed by atoms with van der Waals surface area (Å²) in [7, 11) is 0. The van der Waals surface area contributed by atoms with E-state index in [-0.39, 0.29) is 0 Å². The van der Waals surface area contributed by atoms with Gasteiger partial charge < -0.3 is 0 Å². The summed E-state index contributed by atoms with van der Waals surface area (Å²) in [4.78, 5) is 0. The quantitative estimate of drug-likeness (QED) is 0.210. The first-order chi connectivity index (χ1) is 16.2. The maximum Gasteiger partial charge on any atom is -0.0771 e. The van der Waals surface area contributed by atoms with Crippen molar-refractivity contribution in [3.63, 3.8) is 0 Å². The van der Waals surface area contributed by atoms with Gasteiger partial charge in [-0.05, 0) is 0 Å². The van der Waals surface area contributed by atoms with E-state index in [1.165, 1.54) is 65.7 Å². The summed E-state index contributed by atoms with van der Waals surface area (Å²) >= 11 is 1.46. The summed E-state index contributed by atoms with van der Waals surface area (Å²) in [5.74, 6) is 0. The van der Waals surface area contributed by atoms with Crippen LogP contribution in [0.4, 0.5) is 0 Å². The van der Waals surface area contributed by atoms with Gasteiger partial charge in [0.1, 0.15) is 0 Å². The van der Waals surface area contributed by atoms with Gasteiger partial charge in [-0.2, -0.15) is 18.2 Å². The average Bonchev–Trinajstić information content (AvgIpc) is 3.52.